The van der Waals surface area contributed by atoms with Crippen molar-refractivity contribution in [3.63, 3.8) is 0 Å². The Bertz CT molecular complexity index is 434. The van der Waals surface area contributed by atoms with Gasteiger partial charge in [0.15, 0.2) is 11.0 Å². The predicted molar refractivity (Wildman–Crippen MR) is 46.7 cm³/mol. The largest absolute Gasteiger partial charge is 0.505 e. The minimum absolute atomic E-state index is 0.0686. The maximum atomic E-state index is 9.62. The third-order valence-corrected chi connectivity index (χ3v) is 2.27. The van der Waals surface area contributed by atoms with Gasteiger partial charge in [0.1, 0.15) is 11.5 Å². The van der Waals surface area contributed by atoms with Crippen LogP contribution in [0.5, 0.6) is 11.5 Å². The second-order valence-electron chi connectivity index (χ2n) is 2.97. The zero-order valence-corrected chi connectivity index (χ0v) is 7.29. The Morgan fingerprint density at radius 2 is 1.31 bits per heavy atom. The van der Waals surface area contributed by atoms with E-state index in [1.807, 2.05) is 0 Å². The van der Waals surface area contributed by atoms with E-state index < -0.39 is 0 Å². The molecule has 0 aliphatic heterocycles. The molecule has 0 saturated carbocycles. The maximum absolute atomic E-state index is 9.62. The molecule has 13 heavy (non-hydrogen) atoms. The molecule has 1 aromatic carbocycles. The number of H-pyrrole nitrogens is 1. The summed E-state index contributed by atoms with van der Waals surface area (Å²) in [4.78, 5) is 0. The SMILES string of the molecule is Cc1c(C)c(O)c2n[nH]nc2c1O. The van der Waals surface area contributed by atoms with Gasteiger partial charge in [-0.3, -0.25) is 0 Å². The first kappa shape index (κ1) is 7.85. The van der Waals surface area contributed by atoms with Gasteiger partial charge < -0.3 is 10.2 Å². The quantitative estimate of drug-likeness (QED) is 0.526. The first-order valence-electron chi connectivity index (χ1n) is 3.84. The molecule has 1 aromatic heterocycles. The molecule has 2 rings (SSSR count). The molecule has 68 valence electrons. The van der Waals surface area contributed by atoms with E-state index in [2.05, 4.69) is 15.4 Å². The molecule has 0 amide bonds. The number of nitrogens with zero attached hydrogens (tertiary/aromatic N) is 2. The number of phenols is 2. The fraction of sp³-hybridized carbons (Fsp3) is 0.250. The van der Waals surface area contributed by atoms with Crippen LogP contribution in [0, 0.1) is 13.8 Å². The van der Waals surface area contributed by atoms with Crippen LogP contribution in [0.1, 0.15) is 11.1 Å². The number of hydrogen-bond acceptors (Lipinski definition) is 4. The minimum atomic E-state index is 0.0686. The van der Waals surface area contributed by atoms with Crippen molar-refractivity contribution in [1.82, 2.24) is 15.4 Å². The number of rotatable bonds is 0. The second-order valence-corrected chi connectivity index (χ2v) is 2.97. The van der Waals surface area contributed by atoms with Gasteiger partial charge in [0.25, 0.3) is 0 Å². The molecule has 0 spiro atoms. The van der Waals surface area contributed by atoms with Crippen molar-refractivity contribution >= 4 is 11.0 Å². The summed E-state index contributed by atoms with van der Waals surface area (Å²) in [6, 6.07) is 0. The summed E-state index contributed by atoms with van der Waals surface area (Å²) < 4.78 is 0. The fourth-order valence-electron chi connectivity index (χ4n) is 1.27. The molecule has 5 nitrogen and oxygen atoms in total. The van der Waals surface area contributed by atoms with Crippen molar-refractivity contribution in [1.29, 1.82) is 0 Å². The van der Waals surface area contributed by atoms with E-state index in [0.717, 1.165) is 0 Å². The molecule has 3 N–H and O–H groups in total. The fourth-order valence-corrected chi connectivity index (χ4v) is 1.27. The van der Waals surface area contributed by atoms with Crippen LogP contribution < -0.4 is 0 Å². The Morgan fingerprint density at radius 3 is 1.69 bits per heavy atom. The summed E-state index contributed by atoms with van der Waals surface area (Å²) in [7, 11) is 0. The summed E-state index contributed by atoms with van der Waals surface area (Å²) in [5.74, 6) is 0.137. The molecular formula is C8H9N3O2. The Morgan fingerprint density at radius 1 is 0.923 bits per heavy atom. The van der Waals surface area contributed by atoms with E-state index in [1.165, 1.54) is 0 Å². The van der Waals surface area contributed by atoms with Crippen molar-refractivity contribution in [2.45, 2.75) is 13.8 Å². The molecule has 0 radical (unpaired) electrons. The topological polar surface area (TPSA) is 82.0 Å². The lowest BCUT2D eigenvalue weighted by Gasteiger charge is -2.05. The lowest BCUT2D eigenvalue weighted by atomic mass is 10.1. The van der Waals surface area contributed by atoms with Crippen molar-refractivity contribution in [2.75, 3.05) is 0 Å². The molecular weight excluding hydrogens is 170 g/mol. The van der Waals surface area contributed by atoms with Gasteiger partial charge in [-0.2, -0.15) is 15.4 Å². The molecule has 5 heteroatoms. The number of aromatic amines is 1. The minimum Gasteiger partial charge on any atom is -0.505 e. The van der Waals surface area contributed by atoms with Gasteiger partial charge in [-0.25, -0.2) is 0 Å². The highest BCUT2D eigenvalue weighted by Gasteiger charge is 2.15. The van der Waals surface area contributed by atoms with E-state index in [-0.39, 0.29) is 11.5 Å². The van der Waals surface area contributed by atoms with Crippen LogP contribution in [0.15, 0.2) is 0 Å². The highest BCUT2D eigenvalue weighted by molar-refractivity contribution is 5.88. The first-order valence-corrected chi connectivity index (χ1v) is 3.84. The Balaban J connectivity index is 3.02. The van der Waals surface area contributed by atoms with Crippen molar-refractivity contribution < 1.29 is 10.2 Å². The van der Waals surface area contributed by atoms with Crippen LogP contribution in [0.4, 0.5) is 0 Å². The summed E-state index contributed by atoms with van der Waals surface area (Å²) in [5, 5.41) is 29.1. The van der Waals surface area contributed by atoms with Crippen LogP contribution >= 0.6 is 0 Å². The van der Waals surface area contributed by atoms with Crippen molar-refractivity contribution in [3.05, 3.63) is 11.1 Å². The first-order chi connectivity index (χ1) is 6.13. The van der Waals surface area contributed by atoms with Gasteiger partial charge in [-0.15, -0.1) is 0 Å². The number of aromatic hydroxyl groups is 2. The highest BCUT2D eigenvalue weighted by atomic mass is 16.3. The summed E-state index contributed by atoms with van der Waals surface area (Å²) in [5.41, 5.74) is 1.86. The summed E-state index contributed by atoms with van der Waals surface area (Å²) >= 11 is 0. The zero-order valence-electron chi connectivity index (χ0n) is 7.29. The van der Waals surface area contributed by atoms with Gasteiger partial charge in [0, 0.05) is 0 Å². The molecule has 0 unspecified atom stereocenters. The zero-order chi connectivity index (χ0) is 9.59. The molecule has 2 aromatic rings. The van der Waals surface area contributed by atoms with Crippen LogP contribution in [-0.4, -0.2) is 25.6 Å². The van der Waals surface area contributed by atoms with Gasteiger partial charge >= 0.3 is 0 Å². The molecule has 0 bridgehead atoms. The third-order valence-electron chi connectivity index (χ3n) is 2.27. The number of aromatic nitrogens is 3. The van der Waals surface area contributed by atoms with Gasteiger partial charge in [-0.1, -0.05) is 0 Å². The van der Waals surface area contributed by atoms with Crippen LogP contribution in [0.3, 0.4) is 0 Å². The van der Waals surface area contributed by atoms with Gasteiger partial charge in [0.2, 0.25) is 0 Å². The smallest absolute Gasteiger partial charge is 0.158 e. The molecule has 0 aliphatic carbocycles. The Hall–Kier alpha value is -1.78. The Labute approximate surface area is 74.0 Å². The molecule has 0 saturated heterocycles. The van der Waals surface area contributed by atoms with E-state index in [1.54, 1.807) is 13.8 Å². The van der Waals surface area contributed by atoms with Crippen LogP contribution in [0.2, 0.25) is 0 Å². The normalized spacial score (nSPS) is 10.9. The summed E-state index contributed by atoms with van der Waals surface area (Å²) in [6.45, 7) is 3.44. The van der Waals surface area contributed by atoms with Crippen molar-refractivity contribution in [2.24, 2.45) is 0 Å². The van der Waals surface area contributed by atoms with E-state index in [9.17, 15) is 10.2 Å². The number of fused-ring (bicyclic) bond motifs is 1. The number of benzene rings is 1. The summed E-state index contributed by atoms with van der Waals surface area (Å²) in [6.07, 6.45) is 0. The number of phenolic OH excluding ortho intramolecular Hbond substituents is 2. The van der Waals surface area contributed by atoms with E-state index >= 15 is 0 Å². The molecule has 0 aliphatic rings. The lowest BCUT2D eigenvalue weighted by Crippen LogP contribution is -1.85. The average molecular weight is 179 g/mol. The second kappa shape index (κ2) is 2.35. The average Bonchev–Trinajstić information content (AvgIpc) is 2.59. The van der Waals surface area contributed by atoms with E-state index in [4.69, 9.17) is 0 Å². The van der Waals surface area contributed by atoms with E-state index in [0.29, 0.717) is 22.2 Å². The lowest BCUT2D eigenvalue weighted by molar-refractivity contribution is 0.461. The number of nitrogens with one attached hydrogen (secondary N) is 1. The van der Waals surface area contributed by atoms with Gasteiger partial charge in [-0.05, 0) is 25.0 Å². The maximum Gasteiger partial charge on any atom is 0.158 e. The molecule has 0 fully saturated rings. The standard InChI is InChI=1S/C8H9N3O2/c1-3-4(2)8(13)6-5(7(3)12)9-11-10-6/h12-13H,1-2H3,(H,9,10,11). The molecule has 1 heterocycles. The third kappa shape index (κ3) is 0.867. The number of hydrogen-bond donors (Lipinski definition) is 3. The predicted octanol–water partition coefficient (Wildman–Crippen LogP) is 0.986. The monoisotopic (exact) mass is 179 g/mol. The van der Waals surface area contributed by atoms with Crippen molar-refractivity contribution in [3.8, 4) is 11.5 Å². The van der Waals surface area contributed by atoms with Crippen LogP contribution in [-0.2, 0) is 0 Å². The molecule has 0 atom stereocenters. The Kier molecular flexibility index (Phi) is 1.42. The highest BCUT2D eigenvalue weighted by Crippen LogP contribution is 2.35. The van der Waals surface area contributed by atoms with Crippen LogP contribution in [0.25, 0.3) is 11.0 Å². The van der Waals surface area contributed by atoms with Gasteiger partial charge in [0.05, 0.1) is 0 Å².